The number of amides is 1. The Balaban J connectivity index is 1.79. The van der Waals surface area contributed by atoms with Gasteiger partial charge in [-0.25, -0.2) is 4.98 Å². The quantitative estimate of drug-likeness (QED) is 0.692. The second-order valence-corrected chi connectivity index (χ2v) is 6.70. The Morgan fingerprint density at radius 1 is 1.11 bits per heavy atom. The third-order valence-electron chi connectivity index (χ3n) is 4.67. The molecule has 0 radical (unpaired) electrons. The highest BCUT2D eigenvalue weighted by Crippen LogP contribution is 2.30. The highest BCUT2D eigenvalue weighted by Gasteiger charge is 2.21. The van der Waals surface area contributed by atoms with Crippen molar-refractivity contribution in [2.45, 2.75) is 25.8 Å². The summed E-state index contributed by atoms with van der Waals surface area (Å²) in [6.07, 6.45) is 2.17. The number of carbonyl (C=O) groups excluding carboxylic acids is 1. The number of rotatable bonds is 7. The number of carbonyl (C=O) groups is 1. The van der Waals surface area contributed by atoms with Gasteiger partial charge < -0.3 is 14.6 Å². The van der Waals surface area contributed by atoms with E-state index in [1.54, 1.807) is 18.2 Å². The van der Waals surface area contributed by atoms with Gasteiger partial charge >= 0.3 is 0 Å². The molecule has 5 heteroatoms. The normalized spacial score (nSPS) is 11.8. The van der Waals surface area contributed by atoms with E-state index in [0.717, 1.165) is 28.4 Å². The summed E-state index contributed by atoms with van der Waals surface area (Å²) < 4.78 is 5.26. The van der Waals surface area contributed by atoms with Crippen molar-refractivity contribution in [2.75, 3.05) is 14.2 Å². The number of imidazole rings is 1. The van der Waals surface area contributed by atoms with Crippen LogP contribution in [0.2, 0.25) is 0 Å². The fraction of sp³-hybridized carbons (Fsp3) is 0.273. The van der Waals surface area contributed by atoms with Crippen LogP contribution in [0.5, 0.6) is 5.75 Å². The van der Waals surface area contributed by atoms with Crippen LogP contribution in [0.15, 0.2) is 60.8 Å². The van der Waals surface area contributed by atoms with Gasteiger partial charge in [-0.2, -0.15) is 0 Å². The third-order valence-corrected chi connectivity index (χ3v) is 4.67. The Kier molecular flexibility index (Phi) is 5.91. The number of ether oxygens (including phenoxy) is 1. The Morgan fingerprint density at radius 2 is 1.78 bits per heavy atom. The number of nitrogens with zero attached hydrogens (tertiary/aromatic N) is 2. The van der Waals surface area contributed by atoms with Gasteiger partial charge in [0.25, 0.3) is 0 Å². The van der Waals surface area contributed by atoms with Crippen LogP contribution in [0.1, 0.15) is 35.0 Å². The number of aromatic nitrogens is 2. The van der Waals surface area contributed by atoms with Crippen molar-refractivity contribution in [1.29, 1.82) is 0 Å². The summed E-state index contributed by atoms with van der Waals surface area (Å²) in [5.74, 6) is 1.67. The number of methoxy groups -OCH3 is 1. The van der Waals surface area contributed by atoms with E-state index in [4.69, 9.17) is 4.74 Å². The van der Waals surface area contributed by atoms with E-state index < -0.39 is 0 Å². The first kappa shape index (κ1) is 18.7. The van der Waals surface area contributed by atoms with Gasteiger partial charge in [-0.15, -0.1) is 0 Å². The first-order valence-corrected chi connectivity index (χ1v) is 9.00. The van der Waals surface area contributed by atoms with Crippen molar-refractivity contribution in [2.24, 2.45) is 0 Å². The Labute approximate surface area is 160 Å². The zero-order valence-electron chi connectivity index (χ0n) is 16.0. The molecule has 0 aliphatic carbocycles. The van der Waals surface area contributed by atoms with Crippen LogP contribution < -0.4 is 4.74 Å². The van der Waals surface area contributed by atoms with Gasteiger partial charge in [-0.05, 0) is 30.2 Å². The molecule has 1 amide bonds. The van der Waals surface area contributed by atoms with Crippen LogP contribution in [0.4, 0.5) is 0 Å². The SMILES string of the molecule is COc1ccc([C@H](CC(=O)N(C)Cc2ncc(C)[nH]2)c2ccccc2)cc1. The first-order valence-electron chi connectivity index (χ1n) is 9.00. The minimum atomic E-state index is -0.00890. The van der Waals surface area contributed by atoms with Crippen LogP contribution in [0, 0.1) is 6.92 Å². The molecule has 5 nitrogen and oxygen atoms in total. The standard InChI is InChI=1S/C22H25N3O2/c1-16-14-23-21(24-16)15-25(2)22(26)13-20(17-7-5-4-6-8-17)18-9-11-19(27-3)12-10-18/h4-12,14,20H,13,15H2,1-3H3,(H,23,24)/t20-/m1/s1. The molecule has 0 aliphatic rings. The topological polar surface area (TPSA) is 58.2 Å². The van der Waals surface area contributed by atoms with Crippen LogP contribution in [0.3, 0.4) is 0 Å². The van der Waals surface area contributed by atoms with Crippen LogP contribution in [-0.2, 0) is 11.3 Å². The van der Waals surface area contributed by atoms with Crippen LogP contribution >= 0.6 is 0 Å². The molecule has 1 heterocycles. The largest absolute Gasteiger partial charge is 0.497 e. The van der Waals surface area contributed by atoms with Gasteiger partial charge in [0.15, 0.2) is 0 Å². The summed E-state index contributed by atoms with van der Waals surface area (Å²) in [6.45, 7) is 2.42. The molecule has 0 spiro atoms. The highest BCUT2D eigenvalue weighted by atomic mass is 16.5. The molecule has 1 aromatic heterocycles. The van der Waals surface area contributed by atoms with E-state index in [0.29, 0.717) is 13.0 Å². The second-order valence-electron chi connectivity index (χ2n) is 6.70. The zero-order chi connectivity index (χ0) is 19.2. The molecule has 0 aliphatic heterocycles. The van der Waals surface area contributed by atoms with Gasteiger partial charge in [-0.3, -0.25) is 4.79 Å². The van der Waals surface area contributed by atoms with Gasteiger partial charge in [0.05, 0.1) is 13.7 Å². The Hall–Kier alpha value is -3.08. The summed E-state index contributed by atoms with van der Waals surface area (Å²) in [6, 6.07) is 18.1. The number of hydrogen-bond acceptors (Lipinski definition) is 3. The minimum Gasteiger partial charge on any atom is -0.497 e. The molecule has 140 valence electrons. The molecule has 0 fully saturated rings. The maximum Gasteiger partial charge on any atom is 0.223 e. The molecule has 27 heavy (non-hydrogen) atoms. The number of aromatic amines is 1. The molecule has 0 unspecified atom stereocenters. The zero-order valence-corrected chi connectivity index (χ0v) is 16.0. The van der Waals surface area contributed by atoms with E-state index in [1.807, 2.05) is 56.4 Å². The van der Waals surface area contributed by atoms with Gasteiger partial charge in [0, 0.05) is 31.3 Å². The summed E-state index contributed by atoms with van der Waals surface area (Å²) in [4.78, 5) is 22.1. The molecule has 3 aromatic rings. The molecule has 1 N–H and O–H groups in total. The van der Waals surface area contributed by atoms with Crippen molar-refractivity contribution in [3.63, 3.8) is 0 Å². The maximum absolute atomic E-state index is 12.9. The lowest BCUT2D eigenvalue weighted by Gasteiger charge is -2.22. The summed E-state index contributed by atoms with van der Waals surface area (Å²) in [5.41, 5.74) is 3.21. The maximum atomic E-state index is 12.9. The molecule has 0 saturated heterocycles. The van der Waals surface area contributed by atoms with E-state index in [2.05, 4.69) is 22.1 Å². The molecule has 2 aromatic carbocycles. The lowest BCUT2D eigenvalue weighted by Crippen LogP contribution is -2.28. The smallest absolute Gasteiger partial charge is 0.223 e. The van der Waals surface area contributed by atoms with Crippen molar-refractivity contribution in [3.8, 4) is 5.75 Å². The monoisotopic (exact) mass is 363 g/mol. The van der Waals surface area contributed by atoms with E-state index >= 15 is 0 Å². The van der Waals surface area contributed by atoms with E-state index in [-0.39, 0.29) is 11.8 Å². The average molecular weight is 363 g/mol. The molecule has 1 atom stereocenters. The third kappa shape index (κ3) is 4.76. The Bertz CT molecular complexity index is 872. The number of nitrogens with one attached hydrogen (secondary N) is 1. The summed E-state index contributed by atoms with van der Waals surface area (Å²) in [7, 11) is 3.47. The molecular weight excluding hydrogens is 338 g/mol. The summed E-state index contributed by atoms with van der Waals surface area (Å²) >= 11 is 0. The van der Waals surface area contributed by atoms with Crippen LogP contribution in [-0.4, -0.2) is 34.9 Å². The highest BCUT2D eigenvalue weighted by molar-refractivity contribution is 5.77. The number of benzene rings is 2. The predicted molar refractivity (Wildman–Crippen MR) is 106 cm³/mol. The predicted octanol–water partition coefficient (Wildman–Crippen LogP) is 3.91. The fourth-order valence-corrected chi connectivity index (χ4v) is 3.14. The molecule has 0 bridgehead atoms. The lowest BCUT2D eigenvalue weighted by atomic mass is 9.88. The van der Waals surface area contributed by atoms with Crippen molar-refractivity contribution >= 4 is 5.91 Å². The van der Waals surface area contributed by atoms with Crippen LogP contribution in [0.25, 0.3) is 0 Å². The van der Waals surface area contributed by atoms with Crippen molar-refractivity contribution in [3.05, 3.63) is 83.4 Å². The lowest BCUT2D eigenvalue weighted by molar-refractivity contribution is -0.130. The molecular formula is C22H25N3O2. The van der Waals surface area contributed by atoms with Gasteiger partial charge in [0.1, 0.15) is 11.6 Å². The Morgan fingerprint density at radius 3 is 2.37 bits per heavy atom. The fourth-order valence-electron chi connectivity index (χ4n) is 3.14. The van der Waals surface area contributed by atoms with Gasteiger partial charge in [0.2, 0.25) is 5.91 Å². The molecule has 3 rings (SSSR count). The average Bonchev–Trinajstić information content (AvgIpc) is 3.11. The van der Waals surface area contributed by atoms with E-state index in [9.17, 15) is 4.79 Å². The number of H-pyrrole nitrogens is 1. The number of hydrogen-bond donors (Lipinski definition) is 1. The van der Waals surface area contributed by atoms with Crippen molar-refractivity contribution < 1.29 is 9.53 Å². The minimum absolute atomic E-state index is 0.00890. The molecule has 0 saturated carbocycles. The van der Waals surface area contributed by atoms with Gasteiger partial charge in [-0.1, -0.05) is 42.5 Å². The summed E-state index contributed by atoms with van der Waals surface area (Å²) in [5, 5.41) is 0. The first-order chi connectivity index (χ1) is 13.1. The van der Waals surface area contributed by atoms with E-state index in [1.165, 1.54) is 0 Å². The number of aryl methyl sites for hydroxylation is 1. The van der Waals surface area contributed by atoms with Crippen molar-refractivity contribution in [1.82, 2.24) is 14.9 Å². The second kappa shape index (κ2) is 8.54.